The van der Waals surface area contributed by atoms with Crippen LogP contribution < -0.4 is 5.32 Å². The summed E-state index contributed by atoms with van der Waals surface area (Å²) in [7, 11) is 0. The van der Waals surface area contributed by atoms with Gasteiger partial charge in [0.25, 0.3) is 5.91 Å². The van der Waals surface area contributed by atoms with Crippen LogP contribution in [0.15, 0.2) is 36.4 Å². The molecule has 1 saturated heterocycles. The first-order valence-corrected chi connectivity index (χ1v) is 12.7. The van der Waals surface area contributed by atoms with Crippen molar-refractivity contribution in [3.63, 3.8) is 0 Å². The average molecular weight is 540 g/mol. The topological polar surface area (TPSA) is 66.0 Å². The van der Waals surface area contributed by atoms with Crippen molar-refractivity contribution in [2.24, 2.45) is 5.92 Å². The van der Waals surface area contributed by atoms with E-state index in [-0.39, 0.29) is 30.9 Å². The molecule has 4 atom stereocenters. The lowest BCUT2D eigenvalue weighted by atomic mass is 9.78. The van der Waals surface area contributed by atoms with Crippen molar-refractivity contribution in [3.05, 3.63) is 70.8 Å². The van der Waals surface area contributed by atoms with Crippen molar-refractivity contribution < 1.29 is 41.3 Å². The predicted octanol–water partition coefficient (Wildman–Crippen LogP) is 5.17. The molecular weight excluding hydrogens is 506 g/mol. The van der Waals surface area contributed by atoms with Gasteiger partial charge >= 0.3 is 0 Å². The highest BCUT2D eigenvalue weighted by atomic mass is 19.2. The van der Waals surface area contributed by atoms with Gasteiger partial charge in [-0.15, -0.1) is 0 Å². The third kappa shape index (κ3) is 6.36. The summed E-state index contributed by atoms with van der Waals surface area (Å²) in [6.45, 7) is 7.11. The molecule has 0 aromatic heterocycles. The summed E-state index contributed by atoms with van der Waals surface area (Å²) in [6.07, 6.45) is -2.01. The predicted molar refractivity (Wildman–Crippen MR) is 130 cm³/mol. The molecule has 10 heteroatoms. The van der Waals surface area contributed by atoms with Gasteiger partial charge in [-0.3, -0.25) is 4.79 Å². The van der Waals surface area contributed by atoms with Crippen molar-refractivity contribution in [1.82, 2.24) is 5.32 Å². The van der Waals surface area contributed by atoms with Gasteiger partial charge in [-0.05, 0) is 49.6 Å². The smallest absolute Gasteiger partial charge is 0.252 e. The fourth-order valence-corrected chi connectivity index (χ4v) is 4.88. The van der Waals surface area contributed by atoms with E-state index < -0.39 is 65.5 Å². The standard InChI is InChI=1S/C28H33F4NO5/c1-16(2)13-33-26(34)28(36-14-17-8-9-21(31)22(32)10-17)11-23(25-24(12-28)37-27(3,4)38-25)35-15-18-19(29)6-5-7-20(18)30/h5-10,16,23-25H,11-15H2,1-4H3,(H,33,34)/t23-,24-,25+,28-/m1/s1. The summed E-state index contributed by atoms with van der Waals surface area (Å²) >= 11 is 0. The van der Waals surface area contributed by atoms with Gasteiger partial charge in [-0.2, -0.15) is 0 Å². The van der Waals surface area contributed by atoms with Crippen molar-refractivity contribution in [2.45, 2.75) is 83.5 Å². The summed E-state index contributed by atoms with van der Waals surface area (Å²) in [5.74, 6) is -4.80. The Hall–Kier alpha value is -2.53. The van der Waals surface area contributed by atoms with Gasteiger partial charge in [-0.1, -0.05) is 26.0 Å². The largest absolute Gasteiger partial charge is 0.370 e. The zero-order chi connectivity index (χ0) is 27.7. The molecule has 0 unspecified atom stereocenters. The number of ether oxygens (including phenoxy) is 4. The number of halogens is 4. The summed E-state index contributed by atoms with van der Waals surface area (Å²) in [5, 5.41) is 2.89. The molecule has 1 amide bonds. The van der Waals surface area contributed by atoms with E-state index in [1.807, 2.05) is 13.8 Å². The van der Waals surface area contributed by atoms with Crippen LogP contribution in [0.4, 0.5) is 17.6 Å². The van der Waals surface area contributed by atoms with E-state index >= 15 is 0 Å². The first-order valence-electron chi connectivity index (χ1n) is 12.7. The SMILES string of the molecule is CC(C)CNC(=O)[C@@]1(OCc2ccc(F)c(F)c2)C[C@@H](OCc2c(F)cccc2F)[C@@H]2OC(C)(C)O[C@@H]2C1. The van der Waals surface area contributed by atoms with Crippen LogP contribution in [0.3, 0.4) is 0 Å². The van der Waals surface area contributed by atoms with Crippen LogP contribution in [0, 0.1) is 29.2 Å². The Morgan fingerprint density at radius 2 is 1.71 bits per heavy atom. The monoisotopic (exact) mass is 539 g/mol. The van der Waals surface area contributed by atoms with Crippen LogP contribution in [-0.2, 0) is 37.0 Å². The second kappa shape index (κ2) is 11.3. The van der Waals surface area contributed by atoms with Crippen LogP contribution >= 0.6 is 0 Å². The van der Waals surface area contributed by atoms with Gasteiger partial charge in [0.1, 0.15) is 17.7 Å². The van der Waals surface area contributed by atoms with E-state index in [9.17, 15) is 22.4 Å². The van der Waals surface area contributed by atoms with Crippen LogP contribution in [0.2, 0.25) is 0 Å². The molecule has 1 heterocycles. The van der Waals surface area contributed by atoms with Crippen LogP contribution in [0.1, 0.15) is 51.7 Å². The molecule has 38 heavy (non-hydrogen) atoms. The van der Waals surface area contributed by atoms with Crippen molar-refractivity contribution in [3.8, 4) is 0 Å². The number of hydrogen-bond donors (Lipinski definition) is 1. The fraction of sp³-hybridized carbons (Fsp3) is 0.536. The maximum Gasteiger partial charge on any atom is 0.252 e. The Morgan fingerprint density at radius 3 is 2.37 bits per heavy atom. The lowest BCUT2D eigenvalue weighted by molar-refractivity contribution is -0.183. The molecule has 1 N–H and O–H groups in total. The second-order valence-electron chi connectivity index (χ2n) is 10.7. The first kappa shape index (κ1) is 28.5. The summed E-state index contributed by atoms with van der Waals surface area (Å²) < 4.78 is 80.2. The van der Waals surface area contributed by atoms with Gasteiger partial charge < -0.3 is 24.3 Å². The second-order valence-corrected chi connectivity index (χ2v) is 10.7. The van der Waals surface area contributed by atoms with E-state index in [1.54, 1.807) is 13.8 Å². The first-order chi connectivity index (χ1) is 17.9. The number of rotatable bonds is 9. The van der Waals surface area contributed by atoms with Crippen molar-refractivity contribution >= 4 is 5.91 Å². The van der Waals surface area contributed by atoms with E-state index in [0.29, 0.717) is 12.1 Å². The molecule has 1 saturated carbocycles. The number of carbonyl (C=O) groups is 1. The van der Waals surface area contributed by atoms with Crippen LogP contribution in [0.25, 0.3) is 0 Å². The maximum absolute atomic E-state index is 14.3. The third-order valence-electron chi connectivity index (χ3n) is 6.74. The van der Waals surface area contributed by atoms with Gasteiger partial charge in [0, 0.05) is 24.9 Å². The highest BCUT2D eigenvalue weighted by Crippen LogP contribution is 2.44. The quantitative estimate of drug-likeness (QED) is 0.446. The Labute approximate surface area is 219 Å². The third-order valence-corrected chi connectivity index (χ3v) is 6.74. The minimum absolute atomic E-state index is 0.0166. The lowest BCUT2D eigenvalue weighted by Crippen LogP contribution is -2.60. The van der Waals surface area contributed by atoms with E-state index in [2.05, 4.69) is 5.32 Å². The highest BCUT2D eigenvalue weighted by molar-refractivity contribution is 5.85. The number of nitrogens with one attached hydrogen (secondary N) is 1. The zero-order valence-corrected chi connectivity index (χ0v) is 21.9. The molecule has 6 nitrogen and oxygen atoms in total. The molecule has 2 aromatic carbocycles. The van der Waals surface area contributed by atoms with Gasteiger partial charge in [-0.25, -0.2) is 17.6 Å². The number of carbonyl (C=O) groups excluding carboxylic acids is 1. The lowest BCUT2D eigenvalue weighted by Gasteiger charge is -2.43. The number of amides is 1. The van der Waals surface area contributed by atoms with Gasteiger partial charge in [0.2, 0.25) is 0 Å². The molecule has 2 aromatic rings. The van der Waals surface area contributed by atoms with Gasteiger partial charge in [0.05, 0.1) is 25.4 Å². The van der Waals surface area contributed by atoms with E-state index in [4.69, 9.17) is 18.9 Å². The molecule has 4 rings (SSSR count). The molecule has 208 valence electrons. The molecular formula is C28H33F4NO5. The van der Waals surface area contributed by atoms with Crippen molar-refractivity contribution in [2.75, 3.05) is 6.54 Å². The van der Waals surface area contributed by atoms with E-state index in [0.717, 1.165) is 24.3 Å². The fourth-order valence-electron chi connectivity index (χ4n) is 4.88. The molecule has 0 spiro atoms. The Bertz CT molecular complexity index is 1140. The minimum Gasteiger partial charge on any atom is -0.370 e. The highest BCUT2D eigenvalue weighted by Gasteiger charge is 2.58. The number of benzene rings is 2. The van der Waals surface area contributed by atoms with E-state index in [1.165, 1.54) is 12.1 Å². The Balaban J connectivity index is 1.63. The molecule has 0 bridgehead atoms. The summed E-state index contributed by atoms with van der Waals surface area (Å²) in [4.78, 5) is 13.6. The number of fused-ring (bicyclic) bond motifs is 1. The van der Waals surface area contributed by atoms with Crippen LogP contribution in [0.5, 0.6) is 0 Å². The summed E-state index contributed by atoms with van der Waals surface area (Å²) in [6, 6.07) is 6.90. The molecule has 1 aliphatic carbocycles. The van der Waals surface area contributed by atoms with Gasteiger partial charge in [0.15, 0.2) is 23.0 Å². The molecule has 1 aliphatic heterocycles. The van der Waals surface area contributed by atoms with Crippen LogP contribution in [-0.4, -0.2) is 42.2 Å². The summed E-state index contributed by atoms with van der Waals surface area (Å²) in [5.41, 5.74) is -1.41. The number of hydrogen-bond acceptors (Lipinski definition) is 5. The Kier molecular flexibility index (Phi) is 8.46. The zero-order valence-electron chi connectivity index (χ0n) is 21.9. The van der Waals surface area contributed by atoms with Crippen molar-refractivity contribution in [1.29, 1.82) is 0 Å². The molecule has 2 aliphatic rings. The molecule has 0 radical (unpaired) electrons. The Morgan fingerprint density at radius 1 is 1.00 bits per heavy atom. The normalized spacial score (nSPS) is 26.4. The maximum atomic E-state index is 14.3. The molecule has 2 fully saturated rings. The minimum atomic E-state index is -1.50. The average Bonchev–Trinajstić information content (AvgIpc) is 3.16.